The number of nitrogen functional groups attached to an aromatic ring is 1. The molecule has 81 valence electrons. The van der Waals surface area contributed by atoms with Crippen molar-refractivity contribution >= 4 is 28.1 Å². The molecule has 1 rings (SSSR count). The number of nitrogens with one attached hydrogen (secondary N) is 1. The monoisotopic (exact) mass is 231 g/mol. The molecule has 0 saturated carbocycles. The van der Waals surface area contributed by atoms with E-state index in [9.17, 15) is 9.18 Å². The first kappa shape index (κ1) is 11.4. The Hall–Kier alpha value is -1.70. The summed E-state index contributed by atoms with van der Waals surface area (Å²) in [5.41, 5.74) is 12.1. The third-order valence-electron chi connectivity index (χ3n) is 1.30. The van der Waals surface area contributed by atoms with Gasteiger partial charge in [-0.25, -0.2) is 9.37 Å². The van der Waals surface area contributed by atoms with Crippen LogP contribution >= 0.6 is 11.3 Å². The molecule has 1 radical (unpaired) electrons. The predicted molar refractivity (Wildman–Crippen MR) is 53.1 cm³/mol. The minimum atomic E-state index is -1.06. The van der Waals surface area contributed by atoms with Crippen molar-refractivity contribution in [1.29, 1.82) is 0 Å². The molecule has 15 heavy (non-hydrogen) atoms. The van der Waals surface area contributed by atoms with E-state index < -0.39 is 12.6 Å². The minimum absolute atomic E-state index is 0.163. The van der Waals surface area contributed by atoms with E-state index in [1.54, 1.807) is 0 Å². The van der Waals surface area contributed by atoms with Crippen LogP contribution in [0.2, 0.25) is 0 Å². The SMILES string of the molecule is [NH]C(=O)C(=NOCCF)c1csc(N)n1. The third kappa shape index (κ3) is 3.17. The Bertz CT molecular complexity index is 379. The molecule has 1 heterocycles. The van der Waals surface area contributed by atoms with Gasteiger partial charge in [-0.1, -0.05) is 5.16 Å². The quantitative estimate of drug-likeness (QED) is 0.445. The number of thiazole rings is 1. The second kappa shape index (κ2) is 5.25. The minimum Gasteiger partial charge on any atom is -0.392 e. The van der Waals surface area contributed by atoms with Crippen LogP contribution in [0.5, 0.6) is 0 Å². The maximum absolute atomic E-state index is 11.7. The van der Waals surface area contributed by atoms with Crippen molar-refractivity contribution in [1.82, 2.24) is 10.7 Å². The summed E-state index contributed by atoms with van der Waals surface area (Å²) in [6.45, 7) is -0.988. The number of rotatable bonds is 5. The Labute approximate surface area is 88.7 Å². The van der Waals surface area contributed by atoms with E-state index in [1.165, 1.54) is 5.38 Å². The molecule has 0 fully saturated rings. The van der Waals surface area contributed by atoms with Crippen LogP contribution in [0, 0.1) is 0 Å². The van der Waals surface area contributed by atoms with Gasteiger partial charge in [-0.05, 0) is 0 Å². The van der Waals surface area contributed by atoms with Crippen molar-refractivity contribution in [2.75, 3.05) is 19.0 Å². The summed E-state index contributed by atoms with van der Waals surface area (Å²) >= 11 is 1.11. The van der Waals surface area contributed by atoms with Gasteiger partial charge in [0.2, 0.25) is 0 Å². The first-order valence-corrected chi connectivity index (χ1v) is 4.76. The number of alkyl halides is 1. The Morgan fingerprint density at radius 2 is 2.53 bits per heavy atom. The number of amides is 1. The van der Waals surface area contributed by atoms with Crippen LogP contribution in [-0.2, 0) is 9.63 Å². The van der Waals surface area contributed by atoms with Crippen molar-refractivity contribution < 1.29 is 14.0 Å². The van der Waals surface area contributed by atoms with Gasteiger partial charge in [0, 0.05) is 5.38 Å². The van der Waals surface area contributed by atoms with Crippen molar-refractivity contribution in [3.05, 3.63) is 11.1 Å². The molecule has 6 nitrogen and oxygen atoms in total. The van der Waals surface area contributed by atoms with Crippen LogP contribution in [0.3, 0.4) is 0 Å². The number of oxime groups is 1. The second-order valence-electron chi connectivity index (χ2n) is 2.36. The fraction of sp³-hybridized carbons (Fsp3) is 0.286. The summed E-state index contributed by atoms with van der Waals surface area (Å²) in [5.74, 6) is -1.06. The van der Waals surface area contributed by atoms with Gasteiger partial charge in [-0.2, -0.15) is 0 Å². The van der Waals surface area contributed by atoms with Crippen LogP contribution in [0.1, 0.15) is 5.69 Å². The molecule has 0 atom stereocenters. The lowest BCUT2D eigenvalue weighted by Gasteiger charge is -1.97. The van der Waals surface area contributed by atoms with E-state index in [0.29, 0.717) is 0 Å². The molecule has 0 aromatic carbocycles. The fourth-order valence-electron chi connectivity index (χ4n) is 0.746. The maximum atomic E-state index is 11.7. The lowest BCUT2D eigenvalue weighted by Crippen LogP contribution is -2.17. The van der Waals surface area contributed by atoms with Crippen molar-refractivity contribution in [2.45, 2.75) is 0 Å². The van der Waals surface area contributed by atoms with E-state index in [-0.39, 0.29) is 23.1 Å². The molecule has 1 aromatic rings. The first-order valence-electron chi connectivity index (χ1n) is 3.88. The lowest BCUT2D eigenvalue weighted by molar-refractivity contribution is -0.112. The van der Waals surface area contributed by atoms with Gasteiger partial charge < -0.3 is 10.6 Å². The molecule has 0 bridgehead atoms. The number of halogens is 1. The van der Waals surface area contributed by atoms with Gasteiger partial charge >= 0.3 is 0 Å². The van der Waals surface area contributed by atoms with Gasteiger partial charge in [0.25, 0.3) is 5.91 Å². The molecular weight excluding hydrogens is 223 g/mol. The van der Waals surface area contributed by atoms with Crippen LogP contribution in [0.15, 0.2) is 10.5 Å². The van der Waals surface area contributed by atoms with Crippen LogP contribution in [-0.4, -0.2) is 29.9 Å². The standard InChI is InChI=1S/C7H8FN4O2S/c8-1-2-14-12-5(6(9)13)4-3-15-7(10)11-4/h3,9H,1-2H2,(H2,10,11). The number of carbonyl (C=O) groups excluding carboxylic acids is 1. The second-order valence-corrected chi connectivity index (χ2v) is 3.25. The van der Waals surface area contributed by atoms with E-state index in [0.717, 1.165) is 11.3 Å². The average molecular weight is 231 g/mol. The van der Waals surface area contributed by atoms with Crippen LogP contribution in [0.25, 0.3) is 0 Å². The van der Waals surface area contributed by atoms with Gasteiger partial charge in [-0.3, -0.25) is 10.5 Å². The zero-order valence-corrected chi connectivity index (χ0v) is 8.38. The van der Waals surface area contributed by atoms with Crippen LogP contribution < -0.4 is 11.5 Å². The Kier molecular flexibility index (Phi) is 3.98. The number of hydrogen-bond acceptors (Lipinski definition) is 6. The van der Waals surface area contributed by atoms with Crippen LogP contribution in [0.4, 0.5) is 9.52 Å². The summed E-state index contributed by atoms with van der Waals surface area (Å²) in [6.07, 6.45) is 0. The molecule has 0 spiro atoms. The number of nitrogens with two attached hydrogens (primary N) is 1. The molecule has 1 amide bonds. The lowest BCUT2D eigenvalue weighted by atomic mass is 10.3. The fourth-order valence-corrected chi connectivity index (χ4v) is 1.29. The summed E-state index contributed by atoms with van der Waals surface area (Å²) in [5, 5.41) is 5.05. The zero-order valence-electron chi connectivity index (χ0n) is 7.57. The molecule has 1 aromatic heterocycles. The van der Waals surface area contributed by atoms with Crippen molar-refractivity contribution in [3.8, 4) is 0 Å². The summed E-state index contributed by atoms with van der Waals surface area (Å²) in [7, 11) is 0. The summed E-state index contributed by atoms with van der Waals surface area (Å²) in [4.78, 5) is 19.1. The predicted octanol–water partition coefficient (Wildman–Crippen LogP) is 0.225. The molecule has 0 aliphatic heterocycles. The first-order chi connectivity index (χ1) is 7.15. The van der Waals surface area contributed by atoms with E-state index in [4.69, 9.17) is 11.5 Å². The topological polar surface area (TPSA) is 101 Å². The normalized spacial score (nSPS) is 11.4. The van der Waals surface area contributed by atoms with E-state index in [1.807, 2.05) is 0 Å². The zero-order chi connectivity index (χ0) is 11.3. The molecule has 0 saturated heterocycles. The highest BCUT2D eigenvalue weighted by atomic mass is 32.1. The highest BCUT2D eigenvalue weighted by Gasteiger charge is 2.15. The average Bonchev–Trinajstić information content (AvgIpc) is 2.59. The smallest absolute Gasteiger partial charge is 0.294 e. The third-order valence-corrected chi connectivity index (χ3v) is 1.98. The van der Waals surface area contributed by atoms with Gasteiger partial charge in [0.05, 0.1) is 0 Å². The van der Waals surface area contributed by atoms with Crippen molar-refractivity contribution in [2.24, 2.45) is 5.16 Å². The maximum Gasteiger partial charge on any atom is 0.294 e. The van der Waals surface area contributed by atoms with Gasteiger partial charge in [0.15, 0.2) is 10.8 Å². The highest BCUT2D eigenvalue weighted by molar-refractivity contribution is 7.13. The van der Waals surface area contributed by atoms with E-state index in [2.05, 4.69) is 15.0 Å². The van der Waals surface area contributed by atoms with Gasteiger partial charge in [-0.15, -0.1) is 11.3 Å². The molecule has 0 aliphatic rings. The molecule has 0 unspecified atom stereocenters. The highest BCUT2D eigenvalue weighted by Crippen LogP contribution is 2.12. The van der Waals surface area contributed by atoms with Gasteiger partial charge in [0.1, 0.15) is 19.0 Å². The number of nitrogens with zero attached hydrogens (tertiary/aromatic N) is 2. The Morgan fingerprint density at radius 3 is 3.00 bits per heavy atom. The number of aromatic nitrogens is 1. The number of carbonyl (C=O) groups is 1. The number of anilines is 1. The van der Waals surface area contributed by atoms with E-state index >= 15 is 0 Å². The van der Waals surface area contributed by atoms with Crippen molar-refractivity contribution in [3.63, 3.8) is 0 Å². The summed E-state index contributed by atoms with van der Waals surface area (Å²) in [6, 6.07) is 0. The largest absolute Gasteiger partial charge is 0.392 e. The molecule has 3 N–H and O–H groups in total. The Morgan fingerprint density at radius 1 is 1.80 bits per heavy atom. The summed E-state index contributed by atoms with van der Waals surface area (Å²) < 4.78 is 11.7. The molecule has 0 aliphatic carbocycles. The molecular formula is C7H8FN4O2S. The number of hydrogen-bond donors (Lipinski definition) is 1. The molecule has 8 heteroatoms. The Balaban J connectivity index is 2.83.